The van der Waals surface area contributed by atoms with E-state index in [-0.39, 0.29) is 35.5 Å². The molecule has 1 heterocycles. The molecule has 136 valence electrons. The first-order valence-corrected chi connectivity index (χ1v) is 9.35. The fourth-order valence-electron chi connectivity index (χ4n) is 4.87. The van der Waals surface area contributed by atoms with E-state index >= 15 is 0 Å². The van der Waals surface area contributed by atoms with Crippen molar-refractivity contribution in [2.24, 2.45) is 28.8 Å². The molecule has 0 aromatic heterocycles. The van der Waals surface area contributed by atoms with Gasteiger partial charge in [0.05, 0.1) is 25.2 Å². The number of imide groups is 1. The summed E-state index contributed by atoms with van der Waals surface area (Å²) >= 11 is 0. The summed E-state index contributed by atoms with van der Waals surface area (Å²) in [6.45, 7) is 0. The van der Waals surface area contributed by atoms with E-state index in [1.807, 2.05) is 36.4 Å². The monoisotopic (exact) mass is 360 g/mol. The van der Waals surface area contributed by atoms with Gasteiger partial charge in [-0.3, -0.25) is 9.59 Å². The van der Waals surface area contributed by atoms with Crippen molar-refractivity contribution < 1.29 is 14.3 Å². The molecule has 0 spiro atoms. The fraction of sp³-hybridized carbons (Fsp3) is 0.318. The molecule has 27 heavy (non-hydrogen) atoms. The highest BCUT2D eigenvalue weighted by Gasteiger charge is 2.56. The average Bonchev–Trinajstić information content (AvgIpc) is 2.99. The van der Waals surface area contributed by atoms with Crippen LogP contribution >= 0.6 is 0 Å². The SMILES string of the molecule is COc1ccc2ccccc2c1/C=N\N1C(=O)[C@@H]2[C@@H](C1=O)[C@H]1C=C[C@H]2CC1. The molecule has 5 nitrogen and oxygen atoms in total. The molecule has 5 heteroatoms. The van der Waals surface area contributed by atoms with E-state index in [2.05, 4.69) is 17.3 Å². The van der Waals surface area contributed by atoms with Crippen molar-refractivity contribution in [2.75, 3.05) is 7.11 Å². The number of carbonyl (C=O) groups excluding carboxylic acids is 2. The first-order chi connectivity index (χ1) is 13.2. The Morgan fingerprint density at radius 2 is 1.67 bits per heavy atom. The van der Waals surface area contributed by atoms with Crippen LogP contribution in [0.3, 0.4) is 0 Å². The van der Waals surface area contributed by atoms with E-state index in [1.54, 1.807) is 13.3 Å². The molecular formula is C22H20N2O3. The molecule has 2 aromatic carbocycles. The Kier molecular flexibility index (Phi) is 3.64. The third-order valence-corrected chi connectivity index (χ3v) is 6.19. The lowest BCUT2D eigenvalue weighted by Crippen LogP contribution is -2.38. The van der Waals surface area contributed by atoms with Crippen LogP contribution in [0.4, 0.5) is 0 Å². The third kappa shape index (κ3) is 2.34. The minimum atomic E-state index is -0.243. The van der Waals surface area contributed by atoms with E-state index in [1.165, 1.54) is 0 Å². The molecule has 3 aliphatic carbocycles. The molecule has 1 aliphatic heterocycles. The van der Waals surface area contributed by atoms with Gasteiger partial charge in [-0.25, -0.2) is 0 Å². The van der Waals surface area contributed by atoms with Gasteiger partial charge in [0, 0.05) is 5.56 Å². The van der Waals surface area contributed by atoms with E-state index in [0.29, 0.717) is 5.75 Å². The largest absolute Gasteiger partial charge is 0.496 e. The third-order valence-electron chi connectivity index (χ3n) is 6.19. The van der Waals surface area contributed by atoms with Crippen LogP contribution in [-0.4, -0.2) is 30.1 Å². The number of hydrogen-bond acceptors (Lipinski definition) is 4. The Balaban J connectivity index is 1.53. The van der Waals surface area contributed by atoms with Crippen molar-refractivity contribution in [3.63, 3.8) is 0 Å². The minimum absolute atomic E-state index is 0.167. The summed E-state index contributed by atoms with van der Waals surface area (Å²) in [4.78, 5) is 25.8. The van der Waals surface area contributed by atoms with Crippen LogP contribution in [0.15, 0.2) is 53.7 Å². The number of amides is 2. The van der Waals surface area contributed by atoms with Gasteiger partial charge in [-0.05, 0) is 41.5 Å². The second-order valence-electron chi connectivity index (χ2n) is 7.48. The normalized spacial score (nSPS) is 29.1. The molecule has 4 atom stereocenters. The van der Waals surface area contributed by atoms with Crippen LogP contribution in [0.1, 0.15) is 18.4 Å². The van der Waals surface area contributed by atoms with Gasteiger partial charge in [-0.1, -0.05) is 42.5 Å². The Morgan fingerprint density at radius 1 is 1.00 bits per heavy atom. The van der Waals surface area contributed by atoms with Crippen molar-refractivity contribution in [3.8, 4) is 5.75 Å². The molecule has 1 saturated heterocycles. The zero-order valence-electron chi connectivity index (χ0n) is 15.0. The molecule has 0 radical (unpaired) electrons. The van der Waals surface area contributed by atoms with Crippen LogP contribution in [-0.2, 0) is 9.59 Å². The van der Waals surface area contributed by atoms with Gasteiger partial charge in [0.1, 0.15) is 5.75 Å². The number of nitrogens with zero attached hydrogens (tertiary/aromatic N) is 2. The summed E-state index contributed by atoms with van der Waals surface area (Å²) in [5.74, 6) is 0.183. The van der Waals surface area contributed by atoms with E-state index in [0.717, 1.165) is 34.2 Å². The second-order valence-corrected chi connectivity index (χ2v) is 7.48. The maximum Gasteiger partial charge on any atom is 0.254 e. The molecule has 2 bridgehead atoms. The van der Waals surface area contributed by atoms with Crippen molar-refractivity contribution in [2.45, 2.75) is 12.8 Å². The predicted octanol–water partition coefficient (Wildman–Crippen LogP) is 3.38. The van der Waals surface area contributed by atoms with Crippen LogP contribution in [0.5, 0.6) is 5.75 Å². The van der Waals surface area contributed by atoms with Gasteiger partial charge in [0.25, 0.3) is 11.8 Å². The number of methoxy groups -OCH3 is 1. The number of hydrazone groups is 1. The first-order valence-electron chi connectivity index (χ1n) is 9.35. The van der Waals surface area contributed by atoms with Crippen LogP contribution in [0.25, 0.3) is 10.8 Å². The molecule has 2 amide bonds. The predicted molar refractivity (Wildman–Crippen MR) is 102 cm³/mol. The smallest absolute Gasteiger partial charge is 0.254 e. The highest BCUT2D eigenvalue weighted by atomic mass is 16.5. The number of rotatable bonds is 3. The highest BCUT2D eigenvalue weighted by molar-refractivity contribution is 6.08. The number of ether oxygens (including phenoxy) is 1. The number of carbonyl (C=O) groups is 2. The van der Waals surface area contributed by atoms with E-state index < -0.39 is 0 Å². The van der Waals surface area contributed by atoms with E-state index in [4.69, 9.17) is 4.74 Å². The highest BCUT2D eigenvalue weighted by Crippen LogP contribution is 2.49. The number of benzene rings is 2. The van der Waals surface area contributed by atoms with Gasteiger partial charge in [-0.2, -0.15) is 10.1 Å². The molecular weight excluding hydrogens is 340 g/mol. The average molecular weight is 360 g/mol. The number of fused-ring (bicyclic) bond motifs is 2. The van der Waals surface area contributed by atoms with Crippen LogP contribution < -0.4 is 4.74 Å². The molecule has 2 fully saturated rings. The van der Waals surface area contributed by atoms with E-state index in [9.17, 15) is 9.59 Å². The summed E-state index contributed by atoms with van der Waals surface area (Å²) in [6.07, 6.45) is 7.78. The maximum atomic E-state index is 12.9. The molecule has 6 rings (SSSR count). The van der Waals surface area contributed by atoms with Crippen molar-refractivity contribution in [3.05, 3.63) is 54.1 Å². The van der Waals surface area contributed by atoms with Crippen LogP contribution in [0.2, 0.25) is 0 Å². The maximum absolute atomic E-state index is 12.9. The fourth-order valence-corrected chi connectivity index (χ4v) is 4.87. The Morgan fingerprint density at radius 3 is 2.30 bits per heavy atom. The molecule has 2 aromatic rings. The first kappa shape index (κ1) is 16.2. The van der Waals surface area contributed by atoms with Crippen molar-refractivity contribution in [1.82, 2.24) is 5.01 Å². The Labute approximate surface area is 157 Å². The molecule has 1 saturated carbocycles. The summed E-state index contributed by atoms with van der Waals surface area (Å²) < 4.78 is 5.47. The minimum Gasteiger partial charge on any atom is -0.496 e. The Bertz CT molecular complexity index is 978. The zero-order chi connectivity index (χ0) is 18.5. The van der Waals surface area contributed by atoms with Crippen LogP contribution in [0, 0.1) is 23.7 Å². The standard InChI is InChI=1S/C22H20N2O3/c1-27-18-11-10-13-4-2-3-5-16(13)17(18)12-23-24-21(25)19-14-6-7-15(9-8-14)20(19)22(24)26/h2-7,10-12,14-15,19-20H,8-9H2,1H3/b23-12-/t14-,15-,19-,20-/m0/s1. The number of allylic oxidation sites excluding steroid dienone is 2. The molecule has 4 aliphatic rings. The summed E-state index contributed by atoms with van der Waals surface area (Å²) in [5.41, 5.74) is 0.771. The lowest BCUT2D eigenvalue weighted by molar-refractivity contribution is -0.140. The van der Waals surface area contributed by atoms with Gasteiger partial charge < -0.3 is 4.74 Å². The van der Waals surface area contributed by atoms with Crippen molar-refractivity contribution >= 4 is 28.8 Å². The molecule has 0 unspecified atom stereocenters. The number of hydrogen-bond donors (Lipinski definition) is 0. The van der Waals surface area contributed by atoms with Gasteiger partial charge in [-0.15, -0.1) is 0 Å². The van der Waals surface area contributed by atoms with Gasteiger partial charge in [0.2, 0.25) is 0 Å². The lowest BCUT2D eigenvalue weighted by atomic mass is 9.63. The quantitative estimate of drug-likeness (QED) is 0.479. The zero-order valence-corrected chi connectivity index (χ0v) is 15.0. The molecule has 0 N–H and O–H groups in total. The summed E-state index contributed by atoms with van der Waals surface area (Å²) in [5, 5.41) is 7.45. The lowest BCUT2D eigenvalue weighted by Gasteiger charge is -2.37. The Hall–Kier alpha value is -2.95. The summed E-state index contributed by atoms with van der Waals surface area (Å²) in [7, 11) is 1.60. The van der Waals surface area contributed by atoms with Gasteiger partial charge >= 0.3 is 0 Å². The summed E-state index contributed by atoms with van der Waals surface area (Å²) in [6, 6.07) is 11.8. The second kappa shape index (κ2) is 6.05. The van der Waals surface area contributed by atoms with Crippen molar-refractivity contribution in [1.29, 1.82) is 0 Å². The topological polar surface area (TPSA) is 59.0 Å². The van der Waals surface area contributed by atoms with Gasteiger partial charge in [0.15, 0.2) is 0 Å².